The maximum Gasteiger partial charge on any atom is 0.187 e. The van der Waals surface area contributed by atoms with Crippen LogP contribution in [0, 0.1) is 26.6 Å². The lowest BCUT2D eigenvalue weighted by molar-refractivity contribution is 0.104. The van der Waals surface area contributed by atoms with E-state index in [1.807, 2.05) is 39.0 Å². The van der Waals surface area contributed by atoms with Crippen molar-refractivity contribution in [1.82, 2.24) is 0 Å². The van der Waals surface area contributed by atoms with Crippen LogP contribution in [0.5, 0.6) is 0 Å². The van der Waals surface area contributed by atoms with Crippen LogP contribution in [0.25, 0.3) is 0 Å². The molecule has 0 saturated carbocycles. The highest BCUT2D eigenvalue weighted by Crippen LogP contribution is 2.16. The van der Waals surface area contributed by atoms with Crippen molar-refractivity contribution in [1.29, 1.82) is 0 Å². The van der Waals surface area contributed by atoms with E-state index in [0.717, 1.165) is 22.4 Å². The van der Waals surface area contributed by atoms with Gasteiger partial charge < -0.3 is 5.32 Å². The summed E-state index contributed by atoms with van der Waals surface area (Å²) >= 11 is 0. The van der Waals surface area contributed by atoms with Crippen LogP contribution in [0.2, 0.25) is 0 Å². The van der Waals surface area contributed by atoms with Gasteiger partial charge in [0.1, 0.15) is 5.82 Å². The van der Waals surface area contributed by atoms with Crippen molar-refractivity contribution in [3.63, 3.8) is 0 Å². The summed E-state index contributed by atoms with van der Waals surface area (Å²) in [5, 5.41) is 3.00. The number of anilines is 1. The summed E-state index contributed by atoms with van der Waals surface area (Å²) in [5.41, 5.74) is 4.48. The Labute approximate surface area is 124 Å². The molecule has 0 fully saturated rings. The van der Waals surface area contributed by atoms with Crippen LogP contribution in [-0.2, 0) is 0 Å². The number of hydrogen-bond acceptors (Lipinski definition) is 2. The summed E-state index contributed by atoms with van der Waals surface area (Å²) in [6, 6.07) is 10.1. The van der Waals surface area contributed by atoms with E-state index in [2.05, 4.69) is 5.32 Å². The topological polar surface area (TPSA) is 29.1 Å². The summed E-state index contributed by atoms with van der Waals surface area (Å²) in [7, 11) is 0. The third-order valence-electron chi connectivity index (χ3n) is 3.45. The van der Waals surface area contributed by atoms with E-state index in [0.29, 0.717) is 5.56 Å². The molecule has 0 heterocycles. The van der Waals surface area contributed by atoms with E-state index in [1.54, 1.807) is 12.3 Å². The Hall–Kier alpha value is -2.42. The second kappa shape index (κ2) is 6.35. The first kappa shape index (κ1) is 15.0. The van der Waals surface area contributed by atoms with Gasteiger partial charge in [-0.3, -0.25) is 4.79 Å². The van der Waals surface area contributed by atoms with Crippen LogP contribution in [0.4, 0.5) is 10.1 Å². The lowest BCUT2D eigenvalue weighted by atomic mass is 10.0. The fraction of sp³-hybridized carbons (Fsp3) is 0.167. The molecule has 2 aromatic carbocycles. The van der Waals surface area contributed by atoms with Crippen molar-refractivity contribution >= 4 is 11.5 Å². The van der Waals surface area contributed by atoms with Crippen LogP contribution >= 0.6 is 0 Å². The van der Waals surface area contributed by atoms with E-state index >= 15 is 0 Å². The van der Waals surface area contributed by atoms with Crippen molar-refractivity contribution in [3.05, 3.63) is 76.7 Å². The minimum absolute atomic E-state index is 0.0645. The van der Waals surface area contributed by atoms with E-state index in [4.69, 9.17) is 0 Å². The van der Waals surface area contributed by atoms with Gasteiger partial charge in [-0.15, -0.1) is 0 Å². The highest BCUT2D eigenvalue weighted by atomic mass is 19.1. The van der Waals surface area contributed by atoms with Gasteiger partial charge in [0, 0.05) is 23.5 Å². The van der Waals surface area contributed by atoms with Crippen molar-refractivity contribution in [2.24, 2.45) is 0 Å². The zero-order valence-electron chi connectivity index (χ0n) is 12.4. The molecule has 108 valence electrons. The standard InChI is InChI=1S/C18H18FNO/c1-12-4-5-15(10-13(12)2)18(21)8-9-20-17-7-6-16(19)11-14(17)3/h4-11,20H,1-3H3. The first-order valence-electron chi connectivity index (χ1n) is 6.78. The predicted octanol–water partition coefficient (Wildman–Crippen LogP) is 4.56. The first-order valence-corrected chi connectivity index (χ1v) is 6.78. The van der Waals surface area contributed by atoms with Gasteiger partial charge in [-0.05, 0) is 61.7 Å². The smallest absolute Gasteiger partial charge is 0.187 e. The van der Waals surface area contributed by atoms with Crippen LogP contribution in [0.1, 0.15) is 27.0 Å². The number of ketones is 1. The van der Waals surface area contributed by atoms with E-state index in [1.165, 1.54) is 18.2 Å². The molecule has 0 aliphatic rings. The molecule has 0 aromatic heterocycles. The maximum absolute atomic E-state index is 13.0. The van der Waals surface area contributed by atoms with Gasteiger partial charge in [0.05, 0.1) is 0 Å². The van der Waals surface area contributed by atoms with Gasteiger partial charge in [-0.1, -0.05) is 12.1 Å². The van der Waals surface area contributed by atoms with Crippen LogP contribution in [0.3, 0.4) is 0 Å². The molecule has 0 spiro atoms. The fourth-order valence-electron chi connectivity index (χ4n) is 1.99. The highest BCUT2D eigenvalue weighted by Gasteiger charge is 2.03. The van der Waals surface area contributed by atoms with E-state index < -0.39 is 0 Å². The number of halogens is 1. The number of allylic oxidation sites excluding steroid dienone is 1. The Morgan fingerprint density at radius 1 is 1.00 bits per heavy atom. The van der Waals surface area contributed by atoms with E-state index in [-0.39, 0.29) is 11.6 Å². The lowest BCUT2D eigenvalue weighted by Gasteiger charge is -2.05. The fourth-order valence-corrected chi connectivity index (χ4v) is 1.99. The van der Waals surface area contributed by atoms with Crippen molar-refractivity contribution in [2.75, 3.05) is 5.32 Å². The zero-order valence-corrected chi connectivity index (χ0v) is 12.4. The molecule has 0 atom stereocenters. The average molecular weight is 283 g/mol. The molecule has 0 aliphatic heterocycles. The molecule has 0 saturated heterocycles. The molecular formula is C18H18FNO. The number of carbonyl (C=O) groups excluding carboxylic acids is 1. The molecule has 21 heavy (non-hydrogen) atoms. The third kappa shape index (κ3) is 3.78. The number of rotatable bonds is 4. The summed E-state index contributed by atoms with van der Waals surface area (Å²) in [6.45, 7) is 5.80. The summed E-state index contributed by atoms with van der Waals surface area (Å²) in [5.74, 6) is -0.335. The number of carbonyl (C=O) groups is 1. The highest BCUT2D eigenvalue weighted by molar-refractivity contribution is 6.04. The number of aryl methyl sites for hydroxylation is 3. The molecule has 0 unspecified atom stereocenters. The quantitative estimate of drug-likeness (QED) is 0.658. The average Bonchev–Trinajstić information content (AvgIpc) is 2.44. The molecule has 0 aliphatic carbocycles. The van der Waals surface area contributed by atoms with Gasteiger partial charge in [0.15, 0.2) is 5.78 Å². The summed E-state index contributed by atoms with van der Waals surface area (Å²) in [4.78, 5) is 12.1. The molecule has 0 radical (unpaired) electrons. The molecule has 2 nitrogen and oxygen atoms in total. The Morgan fingerprint density at radius 3 is 2.43 bits per heavy atom. The second-order valence-corrected chi connectivity index (χ2v) is 5.10. The second-order valence-electron chi connectivity index (χ2n) is 5.10. The number of hydrogen-bond donors (Lipinski definition) is 1. The lowest BCUT2D eigenvalue weighted by Crippen LogP contribution is -1.98. The largest absolute Gasteiger partial charge is 0.361 e. The summed E-state index contributed by atoms with van der Waals surface area (Å²) in [6.07, 6.45) is 3.06. The van der Waals surface area contributed by atoms with Gasteiger partial charge in [0.2, 0.25) is 0 Å². The molecule has 0 bridgehead atoms. The third-order valence-corrected chi connectivity index (χ3v) is 3.45. The number of benzene rings is 2. The first-order chi connectivity index (χ1) is 9.97. The van der Waals surface area contributed by atoms with Crippen molar-refractivity contribution in [3.8, 4) is 0 Å². The van der Waals surface area contributed by atoms with Gasteiger partial charge in [-0.25, -0.2) is 4.39 Å². The SMILES string of the molecule is Cc1ccc(C(=O)C=CNc2ccc(F)cc2C)cc1C. The van der Waals surface area contributed by atoms with Gasteiger partial charge in [-0.2, -0.15) is 0 Å². The Balaban J connectivity index is 2.06. The summed E-state index contributed by atoms with van der Waals surface area (Å²) < 4.78 is 13.0. The Kier molecular flexibility index (Phi) is 4.53. The minimum atomic E-state index is -0.270. The monoisotopic (exact) mass is 283 g/mol. The normalized spacial score (nSPS) is 10.9. The Bertz CT molecular complexity index is 704. The maximum atomic E-state index is 13.0. The molecule has 1 N–H and O–H groups in total. The van der Waals surface area contributed by atoms with Crippen molar-refractivity contribution < 1.29 is 9.18 Å². The Morgan fingerprint density at radius 2 is 1.76 bits per heavy atom. The van der Waals surface area contributed by atoms with Crippen LogP contribution in [-0.4, -0.2) is 5.78 Å². The predicted molar refractivity (Wildman–Crippen MR) is 84.1 cm³/mol. The van der Waals surface area contributed by atoms with Crippen LogP contribution < -0.4 is 5.32 Å². The van der Waals surface area contributed by atoms with Crippen molar-refractivity contribution in [2.45, 2.75) is 20.8 Å². The molecule has 3 heteroatoms. The van der Waals surface area contributed by atoms with Gasteiger partial charge >= 0.3 is 0 Å². The molecular weight excluding hydrogens is 265 g/mol. The van der Waals surface area contributed by atoms with Gasteiger partial charge in [0.25, 0.3) is 0 Å². The van der Waals surface area contributed by atoms with Crippen LogP contribution in [0.15, 0.2) is 48.7 Å². The minimum Gasteiger partial charge on any atom is -0.361 e. The number of nitrogens with one attached hydrogen (secondary N) is 1. The van der Waals surface area contributed by atoms with E-state index in [9.17, 15) is 9.18 Å². The molecule has 2 aromatic rings. The zero-order chi connectivity index (χ0) is 15.4. The molecule has 2 rings (SSSR count). The molecule has 0 amide bonds.